The van der Waals surface area contributed by atoms with Gasteiger partial charge in [0.15, 0.2) is 5.82 Å². The lowest BCUT2D eigenvalue weighted by molar-refractivity contribution is -0.128. The number of benzene rings is 1. The first-order valence-electron chi connectivity index (χ1n) is 8.52. The summed E-state index contributed by atoms with van der Waals surface area (Å²) in [4.78, 5) is 24.0. The molecule has 1 aromatic heterocycles. The normalized spacial score (nSPS) is 20.6. The van der Waals surface area contributed by atoms with E-state index in [-0.39, 0.29) is 23.5 Å². The van der Waals surface area contributed by atoms with E-state index in [9.17, 15) is 14.0 Å². The summed E-state index contributed by atoms with van der Waals surface area (Å²) >= 11 is 0. The standard InChI is InChI=1S/C19H22FN3O2/c1-11-8-14(4-7-18(11)24)19(25)21-15-5-6-17(16(20)10-15)23-13(3)9-12(2)22-23/h5-6,9-11,14H,4,7-8H2,1-3H3,(H,21,25). The maximum atomic E-state index is 14.5. The van der Waals surface area contributed by atoms with Gasteiger partial charge in [0, 0.05) is 29.6 Å². The monoisotopic (exact) mass is 343 g/mol. The van der Waals surface area contributed by atoms with E-state index in [2.05, 4.69) is 10.4 Å². The van der Waals surface area contributed by atoms with Gasteiger partial charge in [0.25, 0.3) is 0 Å². The summed E-state index contributed by atoms with van der Waals surface area (Å²) < 4.78 is 16.0. The Morgan fingerprint density at radius 3 is 2.68 bits per heavy atom. The van der Waals surface area contributed by atoms with Crippen molar-refractivity contribution in [1.29, 1.82) is 0 Å². The van der Waals surface area contributed by atoms with Crippen molar-refractivity contribution < 1.29 is 14.0 Å². The molecule has 1 saturated carbocycles. The number of aromatic nitrogens is 2. The third-order valence-electron chi connectivity index (χ3n) is 4.75. The summed E-state index contributed by atoms with van der Waals surface area (Å²) in [5.74, 6) is -0.681. The Hall–Kier alpha value is -2.50. The van der Waals surface area contributed by atoms with Crippen molar-refractivity contribution in [3.8, 4) is 5.69 Å². The van der Waals surface area contributed by atoms with Gasteiger partial charge in [0.1, 0.15) is 11.5 Å². The number of Topliss-reactive ketones (excluding diaryl/α,β-unsaturated/α-hetero) is 1. The van der Waals surface area contributed by atoms with Crippen LogP contribution in [-0.4, -0.2) is 21.5 Å². The Balaban J connectivity index is 1.74. The number of halogens is 1. The van der Waals surface area contributed by atoms with Crippen molar-refractivity contribution in [2.45, 2.75) is 40.0 Å². The third kappa shape index (κ3) is 3.62. The number of ketones is 1. The van der Waals surface area contributed by atoms with Gasteiger partial charge in [-0.1, -0.05) is 6.92 Å². The number of nitrogens with one attached hydrogen (secondary N) is 1. The zero-order valence-corrected chi connectivity index (χ0v) is 14.7. The first kappa shape index (κ1) is 17.3. The molecular formula is C19H22FN3O2. The van der Waals surface area contributed by atoms with Crippen LogP contribution in [0, 0.1) is 31.5 Å². The molecule has 3 rings (SSSR count). The van der Waals surface area contributed by atoms with Crippen molar-refractivity contribution in [1.82, 2.24) is 9.78 Å². The van der Waals surface area contributed by atoms with Gasteiger partial charge in [0.2, 0.25) is 5.91 Å². The van der Waals surface area contributed by atoms with Crippen LogP contribution in [0.2, 0.25) is 0 Å². The highest BCUT2D eigenvalue weighted by Gasteiger charge is 2.30. The molecule has 6 heteroatoms. The van der Waals surface area contributed by atoms with Gasteiger partial charge >= 0.3 is 0 Å². The van der Waals surface area contributed by atoms with Crippen LogP contribution >= 0.6 is 0 Å². The molecule has 132 valence electrons. The highest BCUT2D eigenvalue weighted by molar-refractivity contribution is 5.94. The molecule has 1 heterocycles. The van der Waals surface area contributed by atoms with E-state index in [0.29, 0.717) is 30.6 Å². The number of aryl methyl sites for hydroxylation is 2. The van der Waals surface area contributed by atoms with Gasteiger partial charge in [-0.25, -0.2) is 9.07 Å². The average molecular weight is 343 g/mol. The van der Waals surface area contributed by atoms with E-state index in [4.69, 9.17) is 0 Å². The predicted molar refractivity (Wildman–Crippen MR) is 93.1 cm³/mol. The molecule has 1 aliphatic rings. The quantitative estimate of drug-likeness (QED) is 0.926. The van der Waals surface area contributed by atoms with Crippen LogP contribution in [0.4, 0.5) is 10.1 Å². The van der Waals surface area contributed by atoms with E-state index >= 15 is 0 Å². The smallest absolute Gasteiger partial charge is 0.227 e. The zero-order chi connectivity index (χ0) is 18.1. The average Bonchev–Trinajstić information content (AvgIpc) is 2.88. The minimum Gasteiger partial charge on any atom is -0.326 e. The number of hydrogen-bond acceptors (Lipinski definition) is 3. The molecule has 2 unspecified atom stereocenters. The summed E-state index contributed by atoms with van der Waals surface area (Å²) in [7, 11) is 0. The number of anilines is 1. The van der Waals surface area contributed by atoms with Gasteiger partial charge in [-0.15, -0.1) is 0 Å². The molecule has 5 nitrogen and oxygen atoms in total. The highest BCUT2D eigenvalue weighted by Crippen LogP contribution is 2.28. The van der Waals surface area contributed by atoms with Crippen LogP contribution in [-0.2, 0) is 9.59 Å². The predicted octanol–water partition coefficient (Wildman–Crippen LogP) is 3.57. The molecule has 0 radical (unpaired) electrons. The molecule has 2 aromatic rings. The molecule has 1 aliphatic carbocycles. The Morgan fingerprint density at radius 2 is 2.08 bits per heavy atom. The number of hydrogen-bond donors (Lipinski definition) is 1. The second-order valence-corrected chi connectivity index (χ2v) is 6.83. The van der Waals surface area contributed by atoms with E-state index in [1.807, 2.05) is 26.8 Å². The third-order valence-corrected chi connectivity index (χ3v) is 4.75. The minimum absolute atomic E-state index is 0.0883. The molecule has 1 N–H and O–H groups in total. The summed E-state index contributed by atoms with van der Waals surface area (Å²) in [5, 5.41) is 7.04. The lowest BCUT2D eigenvalue weighted by Gasteiger charge is -2.24. The second kappa shape index (κ2) is 6.78. The fourth-order valence-corrected chi connectivity index (χ4v) is 3.35. The second-order valence-electron chi connectivity index (χ2n) is 6.83. The summed E-state index contributed by atoms with van der Waals surface area (Å²) in [6, 6.07) is 6.46. The van der Waals surface area contributed by atoms with Gasteiger partial charge < -0.3 is 5.32 Å². The summed E-state index contributed by atoms with van der Waals surface area (Å²) in [6.07, 6.45) is 1.54. The Kier molecular flexibility index (Phi) is 4.70. The minimum atomic E-state index is -0.448. The molecule has 25 heavy (non-hydrogen) atoms. The van der Waals surface area contributed by atoms with Gasteiger partial charge in [0.05, 0.1) is 5.69 Å². The Bertz CT molecular complexity index is 828. The zero-order valence-electron chi connectivity index (χ0n) is 14.7. The highest BCUT2D eigenvalue weighted by atomic mass is 19.1. The Labute approximate surface area is 146 Å². The first-order chi connectivity index (χ1) is 11.8. The van der Waals surface area contributed by atoms with Crippen molar-refractivity contribution in [2.24, 2.45) is 11.8 Å². The summed E-state index contributed by atoms with van der Waals surface area (Å²) in [6.45, 7) is 5.57. The maximum absolute atomic E-state index is 14.5. The van der Waals surface area contributed by atoms with Crippen LogP contribution in [0.3, 0.4) is 0 Å². The van der Waals surface area contributed by atoms with Crippen LogP contribution in [0.25, 0.3) is 5.69 Å². The van der Waals surface area contributed by atoms with Crippen molar-refractivity contribution >= 4 is 17.4 Å². The van der Waals surface area contributed by atoms with E-state index in [0.717, 1.165) is 11.4 Å². The van der Waals surface area contributed by atoms with Gasteiger partial charge in [-0.3, -0.25) is 9.59 Å². The topological polar surface area (TPSA) is 64.0 Å². The lowest BCUT2D eigenvalue weighted by atomic mass is 9.81. The van der Waals surface area contributed by atoms with E-state index < -0.39 is 5.82 Å². The maximum Gasteiger partial charge on any atom is 0.227 e. The van der Waals surface area contributed by atoms with Crippen molar-refractivity contribution in [3.63, 3.8) is 0 Å². The van der Waals surface area contributed by atoms with E-state index in [1.54, 1.807) is 16.8 Å². The fourth-order valence-electron chi connectivity index (χ4n) is 3.35. The lowest BCUT2D eigenvalue weighted by Crippen LogP contribution is -2.31. The molecule has 0 bridgehead atoms. The number of amides is 1. The number of carbonyl (C=O) groups excluding carboxylic acids is 2. The first-order valence-corrected chi connectivity index (χ1v) is 8.52. The molecule has 0 aliphatic heterocycles. The van der Waals surface area contributed by atoms with Crippen molar-refractivity contribution in [2.75, 3.05) is 5.32 Å². The van der Waals surface area contributed by atoms with Crippen LogP contribution in [0.1, 0.15) is 37.6 Å². The molecule has 1 amide bonds. The summed E-state index contributed by atoms with van der Waals surface area (Å²) in [5.41, 5.74) is 2.42. The van der Waals surface area contributed by atoms with E-state index in [1.165, 1.54) is 6.07 Å². The Morgan fingerprint density at radius 1 is 1.32 bits per heavy atom. The molecule has 1 fully saturated rings. The van der Waals surface area contributed by atoms with Crippen molar-refractivity contribution in [3.05, 3.63) is 41.5 Å². The van der Waals surface area contributed by atoms with Crippen LogP contribution in [0.5, 0.6) is 0 Å². The van der Waals surface area contributed by atoms with Gasteiger partial charge in [-0.05, 0) is 51.0 Å². The molecule has 0 spiro atoms. The number of carbonyl (C=O) groups is 2. The number of nitrogens with zero attached hydrogens (tertiary/aromatic N) is 2. The van der Waals surface area contributed by atoms with Crippen LogP contribution in [0.15, 0.2) is 24.3 Å². The fraction of sp³-hybridized carbons (Fsp3) is 0.421. The molecular weight excluding hydrogens is 321 g/mol. The molecule has 1 aromatic carbocycles. The van der Waals surface area contributed by atoms with Gasteiger partial charge in [-0.2, -0.15) is 5.10 Å². The van der Waals surface area contributed by atoms with Crippen LogP contribution < -0.4 is 5.32 Å². The number of rotatable bonds is 3. The SMILES string of the molecule is Cc1cc(C)n(-c2ccc(NC(=O)C3CCC(=O)C(C)C3)cc2F)n1. The molecule has 0 saturated heterocycles. The largest absolute Gasteiger partial charge is 0.326 e. The molecule has 2 atom stereocenters.